The summed E-state index contributed by atoms with van der Waals surface area (Å²) >= 11 is 0. The Bertz CT molecular complexity index is 1130. The molecule has 1 aliphatic heterocycles. The first-order chi connectivity index (χ1) is 13.9. The molecule has 1 aliphatic rings. The Morgan fingerprint density at radius 3 is 2.28 bits per heavy atom. The summed E-state index contributed by atoms with van der Waals surface area (Å²) in [6, 6.07) is 23.9. The second-order valence-corrected chi connectivity index (χ2v) is 8.62. The zero-order chi connectivity index (χ0) is 20.4. The molecule has 7 heteroatoms. The molecule has 148 valence electrons. The van der Waals surface area contributed by atoms with Crippen LogP contribution in [0.3, 0.4) is 0 Å². The van der Waals surface area contributed by atoms with Crippen LogP contribution in [-0.4, -0.2) is 20.6 Å². The maximum Gasteiger partial charge on any atom is 0.273 e. The van der Waals surface area contributed by atoms with E-state index in [0.717, 1.165) is 17.4 Å². The SMILES string of the molecule is CS(=O)(=O)Nc1ccc2c(c1)OC(c1ccccc1)C(=O)N2Cc1ccccc1. The van der Waals surface area contributed by atoms with Crippen molar-refractivity contribution in [2.75, 3.05) is 15.9 Å². The van der Waals surface area contributed by atoms with Crippen molar-refractivity contribution >= 4 is 27.3 Å². The molecule has 1 atom stereocenters. The average molecular weight is 408 g/mol. The Morgan fingerprint density at radius 2 is 1.62 bits per heavy atom. The van der Waals surface area contributed by atoms with E-state index >= 15 is 0 Å². The smallest absolute Gasteiger partial charge is 0.273 e. The van der Waals surface area contributed by atoms with E-state index in [2.05, 4.69) is 4.72 Å². The van der Waals surface area contributed by atoms with Gasteiger partial charge in [-0.2, -0.15) is 0 Å². The van der Waals surface area contributed by atoms with Crippen molar-refractivity contribution in [1.29, 1.82) is 0 Å². The molecule has 3 aromatic rings. The van der Waals surface area contributed by atoms with Gasteiger partial charge in [-0.1, -0.05) is 60.7 Å². The number of nitrogens with zero attached hydrogens (tertiary/aromatic N) is 1. The lowest BCUT2D eigenvalue weighted by atomic mass is 10.0. The fourth-order valence-electron chi connectivity index (χ4n) is 3.31. The predicted molar refractivity (Wildman–Crippen MR) is 112 cm³/mol. The van der Waals surface area contributed by atoms with E-state index in [1.165, 1.54) is 0 Å². The molecule has 0 aromatic heterocycles. The van der Waals surface area contributed by atoms with Gasteiger partial charge in [-0.3, -0.25) is 9.52 Å². The molecular weight excluding hydrogens is 388 g/mol. The van der Waals surface area contributed by atoms with Crippen molar-refractivity contribution in [2.24, 2.45) is 0 Å². The number of rotatable bonds is 5. The Labute approximate surface area is 169 Å². The zero-order valence-electron chi connectivity index (χ0n) is 15.8. The van der Waals surface area contributed by atoms with Crippen LogP contribution in [0.15, 0.2) is 78.9 Å². The number of fused-ring (bicyclic) bond motifs is 1. The highest BCUT2D eigenvalue weighted by molar-refractivity contribution is 7.92. The topological polar surface area (TPSA) is 75.7 Å². The van der Waals surface area contributed by atoms with E-state index in [0.29, 0.717) is 23.7 Å². The van der Waals surface area contributed by atoms with E-state index in [9.17, 15) is 13.2 Å². The van der Waals surface area contributed by atoms with E-state index in [-0.39, 0.29) is 5.91 Å². The highest BCUT2D eigenvalue weighted by Gasteiger charge is 2.35. The van der Waals surface area contributed by atoms with Gasteiger partial charge >= 0.3 is 0 Å². The number of amides is 1. The van der Waals surface area contributed by atoms with Crippen molar-refractivity contribution in [1.82, 2.24) is 0 Å². The molecule has 1 amide bonds. The third kappa shape index (κ3) is 4.25. The standard InChI is InChI=1S/C22H20N2O4S/c1-29(26,27)23-18-12-13-19-20(14-18)28-21(17-10-6-3-7-11-17)22(25)24(19)15-16-8-4-2-5-9-16/h2-14,21,23H,15H2,1H3. The Hall–Kier alpha value is -3.32. The zero-order valence-corrected chi connectivity index (χ0v) is 16.6. The van der Waals surface area contributed by atoms with E-state index in [4.69, 9.17) is 4.74 Å². The minimum absolute atomic E-state index is 0.170. The average Bonchev–Trinajstić information content (AvgIpc) is 2.70. The van der Waals surface area contributed by atoms with Crippen molar-refractivity contribution in [3.63, 3.8) is 0 Å². The maximum absolute atomic E-state index is 13.3. The quantitative estimate of drug-likeness (QED) is 0.698. The van der Waals surface area contributed by atoms with Gasteiger partial charge in [0, 0.05) is 11.6 Å². The molecule has 3 aromatic carbocycles. The van der Waals surface area contributed by atoms with E-state index in [1.54, 1.807) is 23.1 Å². The molecule has 0 fully saturated rings. The third-order valence-electron chi connectivity index (χ3n) is 4.57. The lowest BCUT2D eigenvalue weighted by molar-refractivity contribution is -0.126. The summed E-state index contributed by atoms with van der Waals surface area (Å²) in [4.78, 5) is 15.0. The molecule has 1 N–H and O–H groups in total. The number of carbonyl (C=O) groups is 1. The normalized spacial score (nSPS) is 16.1. The molecule has 0 aliphatic carbocycles. The molecule has 6 nitrogen and oxygen atoms in total. The largest absolute Gasteiger partial charge is 0.474 e. The van der Waals surface area contributed by atoms with Crippen molar-refractivity contribution in [3.8, 4) is 5.75 Å². The fraction of sp³-hybridized carbons (Fsp3) is 0.136. The molecule has 0 bridgehead atoms. The molecule has 0 radical (unpaired) electrons. The predicted octanol–water partition coefficient (Wildman–Crippen LogP) is 3.73. The highest BCUT2D eigenvalue weighted by atomic mass is 32.2. The van der Waals surface area contributed by atoms with Gasteiger partial charge in [0.2, 0.25) is 16.1 Å². The second-order valence-electron chi connectivity index (χ2n) is 6.88. The number of benzene rings is 3. The summed E-state index contributed by atoms with van der Waals surface area (Å²) in [7, 11) is -3.43. The molecule has 1 heterocycles. The van der Waals surface area contributed by atoms with Gasteiger partial charge in [-0.05, 0) is 17.7 Å². The lowest BCUT2D eigenvalue weighted by Gasteiger charge is -2.35. The van der Waals surface area contributed by atoms with Gasteiger partial charge in [0.15, 0.2) is 0 Å². The number of nitrogens with one attached hydrogen (secondary N) is 1. The maximum atomic E-state index is 13.3. The van der Waals surface area contributed by atoms with Crippen LogP contribution in [0, 0.1) is 0 Å². The number of anilines is 2. The van der Waals surface area contributed by atoms with Crippen molar-refractivity contribution in [3.05, 3.63) is 90.0 Å². The summed E-state index contributed by atoms with van der Waals surface area (Å²) in [5, 5.41) is 0. The number of hydrogen-bond acceptors (Lipinski definition) is 4. The molecule has 29 heavy (non-hydrogen) atoms. The summed E-state index contributed by atoms with van der Waals surface area (Å²) in [5.41, 5.74) is 2.71. The first-order valence-electron chi connectivity index (χ1n) is 9.09. The molecule has 0 saturated heterocycles. The summed E-state index contributed by atoms with van der Waals surface area (Å²) < 4.78 is 31.7. The van der Waals surface area contributed by atoms with Gasteiger partial charge in [-0.25, -0.2) is 8.42 Å². The Kier molecular flexibility index (Phi) is 4.98. The van der Waals surface area contributed by atoms with Gasteiger partial charge in [0.05, 0.1) is 24.2 Å². The van der Waals surface area contributed by atoms with E-state index < -0.39 is 16.1 Å². The first kappa shape index (κ1) is 19.0. The van der Waals surface area contributed by atoms with Crippen molar-refractivity contribution in [2.45, 2.75) is 12.6 Å². The first-order valence-corrected chi connectivity index (χ1v) is 11.0. The molecule has 4 rings (SSSR count). The Morgan fingerprint density at radius 1 is 0.966 bits per heavy atom. The van der Waals surface area contributed by atoms with Crippen LogP contribution in [0.2, 0.25) is 0 Å². The molecule has 1 unspecified atom stereocenters. The number of sulfonamides is 1. The Balaban J connectivity index is 1.76. The van der Waals surface area contributed by atoms with Crippen LogP contribution in [0.25, 0.3) is 0 Å². The third-order valence-corrected chi connectivity index (χ3v) is 5.18. The molecular formula is C22H20N2O4S. The highest BCUT2D eigenvalue weighted by Crippen LogP contribution is 2.41. The second kappa shape index (κ2) is 7.60. The minimum Gasteiger partial charge on any atom is -0.474 e. The monoisotopic (exact) mass is 408 g/mol. The minimum atomic E-state index is -3.43. The van der Waals surface area contributed by atoms with Crippen LogP contribution >= 0.6 is 0 Å². The van der Waals surface area contributed by atoms with Crippen LogP contribution in [0.4, 0.5) is 11.4 Å². The van der Waals surface area contributed by atoms with Crippen molar-refractivity contribution < 1.29 is 17.9 Å². The van der Waals surface area contributed by atoms with Gasteiger partial charge < -0.3 is 9.64 Å². The number of hydrogen-bond donors (Lipinski definition) is 1. The van der Waals surface area contributed by atoms with Gasteiger partial charge in [-0.15, -0.1) is 0 Å². The van der Waals surface area contributed by atoms with Crippen LogP contribution in [0.5, 0.6) is 5.75 Å². The molecule has 0 saturated carbocycles. The number of ether oxygens (including phenoxy) is 1. The van der Waals surface area contributed by atoms with Gasteiger partial charge in [0.25, 0.3) is 5.91 Å². The van der Waals surface area contributed by atoms with Crippen LogP contribution < -0.4 is 14.4 Å². The van der Waals surface area contributed by atoms with E-state index in [1.807, 2.05) is 60.7 Å². The fourth-order valence-corrected chi connectivity index (χ4v) is 3.87. The summed E-state index contributed by atoms with van der Waals surface area (Å²) in [6.45, 7) is 0.387. The van der Waals surface area contributed by atoms with Crippen LogP contribution in [0.1, 0.15) is 17.2 Å². The van der Waals surface area contributed by atoms with Gasteiger partial charge in [0.1, 0.15) is 5.75 Å². The van der Waals surface area contributed by atoms with Crippen LogP contribution in [-0.2, 0) is 21.4 Å². The summed E-state index contributed by atoms with van der Waals surface area (Å²) in [6.07, 6.45) is 0.284. The number of carbonyl (C=O) groups excluding carboxylic acids is 1. The lowest BCUT2D eigenvalue weighted by Crippen LogP contribution is -2.40. The molecule has 0 spiro atoms. The summed E-state index contributed by atoms with van der Waals surface area (Å²) in [5.74, 6) is 0.277.